The van der Waals surface area contributed by atoms with Gasteiger partial charge in [-0.25, -0.2) is 14.6 Å². The third-order valence-corrected chi connectivity index (χ3v) is 3.24. The molecule has 0 bridgehead atoms. The van der Waals surface area contributed by atoms with Gasteiger partial charge < -0.3 is 20.8 Å². The van der Waals surface area contributed by atoms with E-state index in [1.807, 2.05) is 6.92 Å². The number of hydrogen-bond donors (Lipinski definition) is 4. The minimum Gasteiger partial charge on any atom is -0.479 e. The number of nitrogens with zero attached hydrogens (tertiary/aromatic N) is 1. The summed E-state index contributed by atoms with van der Waals surface area (Å²) >= 11 is 1.42. The Hall–Kier alpha value is -1.67. The number of nitrogens with one attached hydrogen (secondary N) is 2. The van der Waals surface area contributed by atoms with Crippen LogP contribution in [0.4, 0.5) is 4.79 Å². The second-order valence-corrected chi connectivity index (χ2v) is 4.92. The molecule has 1 rings (SSSR count). The van der Waals surface area contributed by atoms with Crippen LogP contribution in [0.1, 0.15) is 17.5 Å². The highest BCUT2D eigenvalue weighted by Gasteiger charge is 2.30. The first-order chi connectivity index (χ1) is 8.33. The maximum Gasteiger partial charge on any atom is 0.337 e. The fourth-order valence-corrected chi connectivity index (χ4v) is 1.76. The van der Waals surface area contributed by atoms with Gasteiger partial charge in [0.05, 0.1) is 24.3 Å². The van der Waals surface area contributed by atoms with Gasteiger partial charge in [0.1, 0.15) is 0 Å². The summed E-state index contributed by atoms with van der Waals surface area (Å²) in [6.07, 6.45) is 0. The topological polar surface area (TPSA) is 112 Å². The van der Waals surface area contributed by atoms with Crippen molar-refractivity contribution in [2.24, 2.45) is 0 Å². The smallest absolute Gasteiger partial charge is 0.337 e. The molecule has 0 spiro atoms. The number of carbonyl (C=O) groups is 2. The molecule has 8 heteroatoms. The maximum atomic E-state index is 11.4. The van der Waals surface area contributed by atoms with E-state index in [1.165, 1.54) is 11.3 Å². The fourth-order valence-electron chi connectivity index (χ4n) is 1.05. The van der Waals surface area contributed by atoms with Crippen LogP contribution in [0.15, 0.2) is 5.51 Å². The number of carboxylic acids is 1. The van der Waals surface area contributed by atoms with E-state index in [0.717, 1.165) is 17.5 Å². The lowest BCUT2D eigenvalue weighted by atomic mass is 10.1. The van der Waals surface area contributed by atoms with Crippen molar-refractivity contribution in [3.05, 3.63) is 16.1 Å². The molecular formula is C10H15N3O4S. The molecule has 4 N–H and O–H groups in total. The summed E-state index contributed by atoms with van der Waals surface area (Å²) in [5, 5.41) is 22.9. The van der Waals surface area contributed by atoms with E-state index in [1.54, 1.807) is 5.51 Å². The first kappa shape index (κ1) is 14.4. The number of aromatic nitrogens is 1. The number of thiazole rings is 1. The van der Waals surface area contributed by atoms with Crippen molar-refractivity contribution < 1.29 is 19.8 Å². The van der Waals surface area contributed by atoms with Crippen molar-refractivity contribution in [1.82, 2.24) is 15.6 Å². The Kier molecular flexibility index (Phi) is 4.62. The van der Waals surface area contributed by atoms with Gasteiger partial charge in [0.25, 0.3) is 0 Å². The molecule has 7 nitrogen and oxygen atoms in total. The van der Waals surface area contributed by atoms with Crippen molar-refractivity contribution in [3.8, 4) is 0 Å². The summed E-state index contributed by atoms with van der Waals surface area (Å²) in [4.78, 5) is 26.9. The Morgan fingerprint density at radius 2 is 2.17 bits per heavy atom. The van der Waals surface area contributed by atoms with Crippen LogP contribution in [-0.4, -0.2) is 39.3 Å². The zero-order valence-corrected chi connectivity index (χ0v) is 10.9. The number of hydrogen-bond acceptors (Lipinski definition) is 5. The number of carbonyl (C=O) groups excluding carboxylic acids is 1. The van der Waals surface area contributed by atoms with E-state index in [-0.39, 0.29) is 6.54 Å². The molecule has 0 saturated heterocycles. The Balaban J connectivity index is 2.35. The lowest BCUT2D eigenvalue weighted by Crippen LogP contribution is -2.48. The summed E-state index contributed by atoms with van der Waals surface area (Å²) in [6, 6.07) is -0.538. The minimum atomic E-state index is -1.97. The Labute approximate surface area is 108 Å². The summed E-state index contributed by atoms with van der Waals surface area (Å²) in [6.45, 7) is 2.90. The van der Waals surface area contributed by atoms with Gasteiger partial charge in [-0.3, -0.25) is 0 Å². The largest absolute Gasteiger partial charge is 0.479 e. The molecule has 1 aromatic heterocycles. The standard InChI is InChI=1S/C10H15N3O4S/c1-6-7(18-5-13-6)3-11-9(16)12-4-10(2,17)8(14)15/h5,17H,3-4H2,1-2H3,(H,14,15)(H2,11,12,16). The van der Waals surface area contributed by atoms with Crippen LogP contribution >= 0.6 is 11.3 Å². The van der Waals surface area contributed by atoms with Crippen molar-refractivity contribution >= 4 is 23.3 Å². The number of aliphatic hydroxyl groups is 1. The molecule has 1 aromatic rings. The zero-order valence-electron chi connectivity index (χ0n) is 10.1. The lowest BCUT2D eigenvalue weighted by Gasteiger charge is -2.18. The van der Waals surface area contributed by atoms with E-state index in [9.17, 15) is 14.7 Å². The van der Waals surface area contributed by atoms with Crippen molar-refractivity contribution in [2.45, 2.75) is 26.0 Å². The number of carboxylic acid groups (broad SMARTS) is 1. The third-order valence-electron chi connectivity index (χ3n) is 2.31. The molecule has 2 amide bonds. The van der Waals surface area contributed by atoms with Crippen molar-refractivity contribution in [3.63, 3.8) is 0 Å². The molecule has 0 aliphatic heterocycles. The second kappa shape index (κ2) is 5.78. The molecule has 0 radical (unpaired) electrons. The Bertz CT molecular complexity index is 444. The molecule has 0 saturated carbocycles. The van der Waals surface area contributed by atoms with E-state index < -0.39 is 17.6 Å². The van der Waals surface area contributed by atoms with Crippen LogP contribution in [0.25, 0.3) is 0 Å². The van der Waals surface area contributed by atoms with E-state index >= 15 is 0 Å². The average molecular weight is 273 g/mol. The van der Waals surface area contributed by atoms with Gasteiger partial charge in [0.2, 0.25) is 0 Å². The van der Waals surface area contributed by atoms with E-state index in [2.05, 4.69) is 15.6 Å². The maximum absolute atomic E-state index is 11.4. The van der Waals surface area contributed by atoms with E-state index in [4.69, 9.17) is 5.11 Å². The Morgan fingerprint density at radius 3 is 2.67 bits per heavy atom. The van der Waals surface area contributed by atoms with Crippen LogP contribution in [0, 0.1) is 6.92 Å². The molecule has 1 heterocycles. The highest BCUT2D eigenvalue weighted by atomic mass is 32.1. The van der Waals surface area contributed by atoms with Gasteiger partial charge in [-0.15, -0.1) is 11.3 Å². The highest BCUT2D eigenvalue weighted by molar-refractivity contribution is 7.09. The van der Waals surface area contributed by atoms with Crippen LogP contribution in [0.5, 0.6) is 0 Å². The number of aliphatic carboxylic acids is 1. The number of rotatable bonds is 5. The zero-order chi connectivity index (χ0) is 13.8. The summed E-state index contributed by atoms with van der Waals surface area (Å²) in [5.74, 6) is -1.39. The molecule has 0 aliphatic rings. The fraction of sp³-hybridized carbons (Fsp3) is 0.500. The number of aryl methyl sites for hydroxylation is 1. The number of amides is 2. The molecular weight excluding hydrogens is 258 g/mol. The van der Waals surface area contributed by atoms with Gasteiger partial charge in [-0.2, -0.15) is 0 Å². The van der Waals surface area contributed by atoms with Crippen LogP contribution in [-0.2, 0) is 11.3 Å². The summed E-state index contributed by atoms with van der Waals surface area (Å²) in [7, 11) is 0. The summed E-state index contributed by atoms with van der Waals surface area (Å²) in [5.41, 5.74) is 0.551. The van der Waals surface area contributed by atoms with Crippen LogP contribution < -0.4 is 10.6 Å². The molecule has 1 unspecified atom stereocenters. The van der Waals surface area contributed by atoms with Crippen LogP contribution in [0.2, 0.25) is 0 Å². The lowest BCUT2D eigenvalue weighted by molar-refractivity contribution is -0.155. The summed E-state index contributed by atoms with van der Waals surface area (Å²) < 4.78 is 0. The molecule has 1 atom stereocenters. The van der Waals surface area contributed by atoms with Gasteiger partial charge in [0.15, 0.2) is 5.60 Å². The van der Waals surface area contributed by atoms with Gasteiger partial charge in [0, 0.05) is 4.88 Å². The molecule has 0 aromatic carbocycles. The predicted molar refractivity (Wildman–Crippen MR) is 65.3 cm³/mol. The van der Waals surface area contributed by atoms with Gasteiger partial charge in [-0.1, -0.05) is 0 Å². The first-order valence-electron chi connectivity index (χ1n) is 5.19. The SMILES string of the molecule is Cc1ncsc1CNC(=O)NCC(C)(O)C(=O)O. The van der Waals surface area contributed by atoms with Gasteiger partial charge >= 0.3 is 12.0 Å². The quantitative estimate of drug-likeness (QED) is 0.607. The second-order valence-electron chi connectivity index (χ2n) is 3.98. The Morgan fingerprint density at radius 1 is 1.50 bits per heavy atom. The average Bonchev–Trinajstić information content (AvgIpc) is 2.69. The van der Waals surface area contributed by atoms with E-state index in [0.29, 0.717) is 6.54 Å². The predicted octanol–water partition coefficient (Wildman–Crippen LogP) is 0.0863. The first-order valence-corrected chi connectivity index (χ1v) is 6.07. The molecule has 0 aliphatic carbocycles. The normalized spacial score (nSPS) is 13.7. The van der Waals surface area contributed by atoms with Gasteiger partial charge in [-0.05, 0) is 13.8 Å². The molecule has 0 fully saturated rings. The molecule has 100 valence electrons. The van der Waals surface area contributed by atoms with Crippen molar-refractivity contribution in [2.75, 3.05) is 6.54 Å². The highest BCUT2D eigenvalue weighted by Crippen LogP contribution is 2.10. The third kappa shape index (κ3) is 3.97. The molecule has 18 heavy (non-hydrogen) atoms. The number of urea groups is 1. The van der Waals surface area contributed by atoms with Crippen LogP contribution in [0.3, 0.4) is 0 Å². The monoisotopic (exact) mass is 273 g/mol. The van der Waals surface area contributed by atoms with Crippen molar-refractivity contribution in [1.29, 1.82) is 0 Å². The minimum absolute atomic E-state index is 0.317.